The van der Waals surface area contributed by atoms with Crippen LogP contribution in [-0.2, 0) is 9.53 Å². The predicted octanol–water partition coefficient (Wildman–Crippen LogP) is 3.68. The zero-order chi connectivity index (χ0) is 27.6. The van der Waals surface area contributed by atoms with Crippen LogP contribution in [0.1, 0.15) is 37.9 Å². The number of allylic oxidation sites excluding steroid dienone is 1. The molecule has 1 aliphatic rings. The van der Waals surface area contributed by atoms with Crippen LogP contribution in [0.3, 0.4) is 0 Å². The van der Waals surface area contributed by atoms with Gasteiger partial charge in [-0.1, -0.05) is 33.3 Å². The molecule has 1 N–H and O–H groups in total. The van der Waals surface area contributed by atoms with Gasteiger partial charge in [-0.3, -0.25) is 9.36 Å². The number of carbonyl (C=O) groups excluding carboxylic acids is 1. The molecule has 1 aliphatic heterocycles. The minimum atomic E-state index is -0.816. The lowest BCUT2D eigenvalue weighted by molar-refractivity contribution is -0.139. The molecule has 11 heteroatoms. The van der Waals surface area contributed by atoms with Gasteiger partial charge >= 0.3 is 5.97 Å². The van der Waals surface area contributed by atoms with E-state index in [0.29, 0.717) is 48.7 Å². The molecule has 200 valence electrons. The van der Waals surface area contributed by atoms with Gasteiger partial charge in [-0.05, 0) is 56.7 Å². The first kappa shape index (κ1) is 27.5. The molecule has 0 fully saturated rings. The van der Waals surface area contributed by atoms with E-state index in [0.717, 1.165) is 11.3 Å². The molecule has 2 heterocycles. The number of rotatable bonds is 8. The summed E-state index contributed by atoms with van der Waals surface area (Å²) in [5.74, 6) is 0.617. The first-order chi connectivity index (χ1) is 18.2. The minimum Gasteiger partial charge on any atom is -0.504 e. The van der Waals surface area contributed by atoms with Gasteiger partial charge in [0.15, 0.2) is 27.8 Å². The van der Waals surface area contributed by atoms with E-state index in [1.807, 2.05) is 6.92 Å². The topological polar surface area (TPSA) is 109 Å². The van der Waals surface area contributed by atoms with Crippen LogP contribution < -0.4 is 29.1 Å². The number of methoxy groups -OCH3 is 2. The summed E-state index contributed by atoms with van der Waals surface area (Å²) in [6, 6.07) is 7.77. The molecule has 0 saturated carbocycles. The number of fused-ring (bicyclic) bond motifs is 1. The van der Waals surface area contributed by atoms with Crippen molar-refractivity contribution in [3.63, 3.8) is 0 Å². The Hall–Kier alpha value is -3.57. The third-order valence-electron chi connectivity index (χ3n) is 5.90. The van der Waals surface area contributed by atoms with Gasteiger partial charge in [0.1, 0.15) is 0 Å². The Kier molecular flexibility index (Phi) is 8.27. The third-order valence-corrected chi connectivity index (χ3v) is 7.34. The lowest BCUT2D eigenvalue weighted by atomic mass is 9.95. The maximum Gasteiger partial charge on any atom is 0.338 e. The lowest BCUT2D eigenvalue weighted by Crippen LogP contribution is -2.40. The second-order valence-corrected chi connectivity index (χ2v) is 10.1. The van der Waals surface area contributed by atoms with E-state index < -0.39 is 12.0 Å². The quantitative estimate of drug-likeness (QED) is 0.392. The predicted molar refractivity (Wildman–Crippen MR) is 147 cm³/mol. The van der Waals surface area contributed by atoms with Crippen LogP contribution in [0.15, 0.2) is 55.9 Å². The van der Waals surface area contributed by atoms with Crippen LogP contribution >= 0.6 is 27.3 Å². The van der Waals surface area contributed by atoms with E-state index in [4.69, 9.17) is 18.9 Å². The van der Waals surface area contributed by atoms with Crippen LogP contribution in [0.25, 0.3) is 6.08 Å². The fourth-order valence-corrected chi connectivity index (χ4v) is 5.73. The lowest BCUT2D eigenvalue weighted by Gasteiger charge is -2.25. The van der Waals surface area contributed by atoms with E-state index in [9.17, 15) is 14.7 Å². The summed E-state index contributed by atoms with van der Waals surface area (Å²) in [7, 11) is 2.99. The molecular weight excluding hydrogens is 576 g/mol. The van der Waals surface area contributed by atoms with Crippen molar-refractivity contribution in [2.75, 3.05) is 27.4 Å². The van der Waals surface area contributed by atoms with E-state index in [2.05, 4.69) is 20.9 Å². The Morgan fingerprint density at radius 3 is 2.53 bits per heavy atom. The molecule has 0 unspecified atom stereocenters. The van der Waals surface area contributed by atoms with E-state index in [1.54, 1.807) is 57.4 Å². The Labute approximate surface area is 231 Å². The first-order valence-corrected chi connectivity index (χ1v) is 13.4. The molecule has 0 aliphatic carbocycles. The average molecular weight is 603 g/mol. The van der Waals surface area contributed by atoms with Crippen LogP contribution in [0.2, 0.25) is 0 Å². The van der Waals surface area contributed by atoms with E-state index >= 15 is 0 Å². The zero-order valence-electron chi connectivity index (χ0n) is 21.5. The maximum absolute atomic E-state index is 13.8. The molecule has 0 spiro atoms. The summed E-state index contributed by atoms with van der Waals surface area (Å²) in [4.78, 5) is 32.0. The monoisotopic (exact) mass is 602 g/mol. The second-order valence-electron chi connectivity index (χ2n) is 8.19. The van der Waals surface area contributed by atoms with Gasteiger partial charge in [0.25, 0.3) is 5.56 Å². The molecule has 4 rings (SSSR count). The first-order valence-electron chi connectivity index (χ1n) is 11.8. The number of carbonyl (C=O) groups is 1. The van der Waals surface area contributed by atoms with E-state index in [-0.39, 0.29) is 29.2 Å². The smallest absolute Gasteiger partial charge is 0.338 e. The Morgan fingerprint density at radius 2 is 1.87 bits per heavy atom. The van der Waals surface area contributed by atoms with Gasteiger partial charge in [0, 0.05) is 10.0 Å². The summed E-state index contributed by atoms with van der Waals surface area (Å²) < 4.78 is 24.2. The molecule has 1 aromatic heterocycles. The summed E-state index contributed by atoms with van der Waals surface area (Å²) in [6.45, 7) is 5.87. The maximum atomic E-state index is 13.8. The Morgan fingerprint density at radius 1 is 1.13 bits per heavy atom. The van der Waals surface area contributed by atoms with Crippen molar-refractivity contribution in [1.82, 2.24) is 4.57 Å². The number of aromatic nitrogens is 1. The number of hydrogen-bond acceptors (Lipinski definition) is 9. The van der Waals surface area contributed by atoms with Crippen molar-refractivity contribution >= 4 is 39.3 Å². The van der Waals surface area contributed by atoms with Crippen molar-refractivity contribution in [2.24, 2.45) is 4.99 Å². The van der Waals surface area contributed by atoms with Gasteiger partial charge in [-0.2, -0.15) is 0 Å². The van der Waals surface area contributed by atoms with Gasteiger partial charge < -0.3 is 24.1 Å². The number of thiazole rings is 1. The normalized spacial score (nSPS) is 15.1. The van der Waals surface area contributed by atoms with Crippen LogP contribution in [-0.4, -0.2) is 43.1 Å². The second kappa shape index (κ2) is 11.4. The SMILES string of the molecule is CCOC(=O)C1=C(C)N=c2s/c(=C\c3cc(Br)cc(OC)c3O)c(=O)n2[C@@H]1c1ccc(OC)c(OCC)c1. The number of aromatic hydroxyl groups is 1. The number of hydrogen-bond donors (Lipinski definition) is 1. The summed E-state index contributed by atoms with van der Waals surface area (Å²) in [5.41, 5.74) is 1.35. The van der Waals surface area contributed by atoms with Crippen molar-refractivity contribution < 1.29 is 28.8 Å². The van der Waals surface area contributed by atoms with Crippen LogP contribution in [0.5, 0.6) is 23.0 Å². The standard InChI is InChI=1S/C27H27BrN2O7S/c1-6-36-19-11-15(8-9-18(19)34-4)23-22(26(33)37-7-2)14(3)29-27-30(23)25(32)21(38-27)12-16-10-17(28)13-20(35-5)24(16)31/h8-13,23,31H,6-7H2,1-5H3/b21-12-/t23-/m1/s1. The molecule has 0 amide bonds. The fourth-order valence-electron chi connectivity index (χ4n) is 4.24. The van der Waals surface area contributed by atoms with E-state index in [1.165, 1.54) is 11.7 Å². The summed E-state index contributed by atoms with van der Waals surface area (Å²) >= 11 is 4.56. The molecule has 0 saturated heterocycles. The van der Waals surface area contributed by atoms with Gasteiger partial charge in [0.2, 0.25) is 0 Å². The van der Waals surface area contributed by atoms with Crippen LogP contribution in [0, 0.1) is 0 Å². The molecule has 38 heavy (non-hydrogen) atoms. The number of benzene rings is 2. The van der Waals surface area contributed by atoms with Crippen LogP contribution in [0.4, 0.5) is 0 Å². The highest BCUT2D eigenvalue weighted by Crippen LogP contribution is 2.37. The molecule has 0 bridgehead atoms. The largest absolute Gasteiger partial charge is 0.504 e. The number of esters is 1. The molecule has 2 aromatic carbocycles. The number of halogens is 1. The Bertz CT molecular complexity index is 1610. The fraction of sp³-hybridized carbons (Fsp3) is 0.296. The highest BCUT2D eigenvalue weighted by molar-refractivity contribution is 9.10. The summed E-state index contributed by atoms with van der Waals surface area (Å²) in [6.07, 6.45) is 1.58. The molecule has 0 radical (unpaired) electrons. The minimum absolute atomic E-state index is 0.0991. The van der Waals surface area contributed by atoms with Crippen molar-refractivity contribution in [2.45, 2.75) is 26.8 Å². The summed E-state index contributed by atoms with van der Waals surface area (Å²) in [5, 5.41) is 10.6. The van der Waals surface area contributed by atoms with Crippen molar-refractivity contribution in [3.8, 4) is 23.0 Å². The number of nitrogens with zero attached hydrogens (tertiary/aromatic N) is 2. The molecule has 1 atom stereocenters. The molecular formula is C27H27BrN2O7S. The van der Waals surface area contributed by atoms with Crippen molar-refractivity contribution in [3.05, 3.63) is 76.9 Å². The molecule has 3 aromatic rings. The Balaban J connectivity index is 1.99. The molecule has 9 nitrogen and oxygen atoms in total. The van der Waals surface area contributed by atoms with Gasteiger partial charge in [-0.25, -0.2) is 9.79 Å². The number of ether oxygens (including phenoxy) is 4. The van der Waals surface area contributed by atoms with Gasteiger partial charge in [0.05, 0.1) is 49.3 Å². The van der Waals surface area contributed by atoms with Gasteiger partial charge in [-0.15, -0.1) is 0 Å². The highest BCUT2D eigenvalue weighted by Gasteiger charge is 2.34. The highest BCUT2D eigenvalue weighted by atomic mass is 79.9. The third kappa shape index (κ3) is 5.08. The number of phenols is 1. The average Bonchev–Trinajstić information content (AvgIpc) is 3.19. The zero-order valence-corrected chi connectivity index (χ0v) is 23.9. The number of phenolic OH excluding ortho intramolecular Hbond substituents is 1. The van der Waals surface area contributed by atoms with Crippen molar-refractivity contribution in [1.29, 1.82) is 0 Å².